The average molecular weight is 296 g/mol. The highest BCUT2D eigenvalue weighted by atomic mass is 35.5. The van der Waals surface area contributed by atoms with Crippen molar-refractivity contribution in [2.75, 3.05) is 12.5 Å². The average Bonchev–Trinajstić information content (AvgIpc) is 2.64. The molecule has 0 amide bonds. The van der Waals surface area contributed by atoms with Gasteiger partial charge in [0.15, 0.2) is 12.4 Å². The van der Waals surface area contributed by atoms with E-state index >= 15 is 0 Å². The summed E-state index contributed by atoms with van der Waals surface area (Å²) in [4.78, 5) is 4.68. The lowest BCUT2D eigenvalue weighted by atomic mass is 9.99. The van der Waals surface area contributed by atoms with Crippen molar-refractivity contribution in [3.05, 3.63) is 12.3 Å². The Morgan fingerprint density at radius 2 is 2.26 bits per heavy atom. The van der Waals surface area contributed by atoms with E-state index in [0.29, 0.717) is 0 Å². The van der Waals surface area contributed by atoms with Crippen LogP contribution < -0.4 is 5.73 Å². The number of aliphatic hydroxyl groups is 3. The smallest absolute Gasteiger partial charge is 0.229 e. The molecule has 0 saturated carbocycles. The molecular formula is C10H15ClFN3O4. The second kappa shape index (κ2) is 5.22. The molecule has 1 saturated heterocycles. The lowest BCUT2D eigenvalue weighted by Crippen LogP contribution is -2.47. The molecule has 0 bridgehead atoms. The van der Waals surface area contributed by atoms with E-state index in [2.05, 4.69) is 4.99 Å². The van der Waals surface area contributed by atoms with Crippen molar-refractivity contribution in [2.45, 2.75) is 30.5 Å². The van der Waals surface area contributed by atoms with E-state index in [-0.39, 0.29) is 11.7 Å². The van der Waals surface area contributed by atoms with Gasteiger partial charge in [-0.05, 0) is 6.08 Å². The van der Waals surface area contributed by atoms with Gasteiger partial charge in [-0.3, -0.25) is 0 Å². The Hall–Kier alpha value is -0.930. The summed E-state index contributed by atoms with van der Waals surface area (Å²) in [6, 6.07) is 0. The van der Waals surface area contributed by atoms with Gasteiger partial charge in [-0.1, -0.05) is 0 Å². The van der Waals surface area contributed by atoms with Gasteiger partial charge in [0.25, 0.3) is 0 Å². The summed E-state index contributed by atoms with van der Waals surface area (Å²) in [5.74, 6) is -0.204. The number of halogens is 2. The summed E-state index contributed by atoms with van der Waals surface area (Å²) in [6.45, 7) is -0.645. The van der Waals surface area contributed by atoms with Gasteiger partial charge < -0.3 is 30.7 Å². The van der Waals surface area contributed by atoms with Crippen molar-refractivity contribution >= 4 is 17.4 Å². The number of aliphatic hydroxyl groups excluding tert-OH is 3. The minimum atomic E-state index is -1.86. The Kier molecular flexibility index (Phi) is 3.98. The molecule has 0 radical (unpaired) electrons. The maximum absolute atomic E-state index is 14.1. The number of rotatable bonds is 3. The van der Waals surface area contributed by atoms with Gasteiger partial charge in [0.1, 0.15) is 17.5 Å². The van der Waals surface area contributed by atoms with Crippen LogP contribution in [0.4, 0.5) is 4.39 Å². The fourth-order valence-corrected chi connectivity index (χ4v) is 2.33. The van der Waals surface area contributed by atoms with Crippen LogP contribution in [0.25, 0.3) is 0 Å². The first-order chi connectivity index (χ1) is 8.95. The third kappa shape index (κ3) is 2.30. The molecule has 1 fully saturated rings. The molecule has 9 heteroatoms. The third-order valence-corrected chi connectivity index (χ3v) is 3.66. The van der Waals surface area contributed by atoms with Gasteiger partial charge in [0.2, 0.25) is 6.35 Å². The lowest BCUT2D eigenvalue weighted by molar-refractivity contribution is -0.154. The monoisotopic (exact) mass is 295 g/mol. The van der Waals surface area contributed by atoms with Gasteiger partial charge in [-0.25, -0.2) is 9.38 Å². The number of amidine groups is 1. The summed E-state index contributed by atoms with van der Waals surface area (Å²) in [5, 5.41) is 28.8. The van der Waals surface area contributed by atoms with E-state index in [1.807, 2.05) is 0 Å². The van der Waals surface area contributed by atoms with E-state index in [1.54, 1.807) is 0 Å². The molecule has 5 N–H and O–H groups in total. The largest absolute Gasteiger partial charge is 0.393 e. The van der Waals surface area contributed by atoms with Gasteiger partial charge in [-0.15, -0.1) is 11.6 Å². The maximum Gasteiger partial charge on any atom is 0.229 e. The second-order valence-electron chi connectivity index (χ2n) is 4.42. The second-order valence-corrected chi connectivity index (χ2v) is 4.68. The molecular weight excluding hydrogens is 281 g/mol. The van der Waals surface area contributed by atoms with Crippen LogP contribution in [-0.4, -0.2) is 69.0 Å². The minimum absolute atomic E-state index is 0.0865. The van der Waals surface area contributed by atoms with E-state index in [0.717, 1.165) is 4.90 Å². The van der Waals surface area contributed by atoms with Gasteiger partial charge in [0.05, 0.1) is 12.5 Å². The fourth-order valence-electron chi connectivity index (χ4n) is 2.03. The molecule has 0 aromatic rings. The molecule has 2 heterocycles. The van der Waals surface area contributed by atoms with E-state index in [9.17, 15) is 19.7 Å². The lowest BCUT2D eigenvalue weighted by Gasteiger charge is -2.33. The van der Waals surface area contributed by atoms with Crippen LogP contribution in [0.3, 0.4) is 0 Å². The molecule has 0 aliphatic carbocycles. The number of hydrogen-bond acceptors (Lipinski definition) is 7. The predicted molar refractivity (Wildman–Crippen MR) is 64.9 cm³/mol. The standard InChI is InChI=1S/C10H15ClFN3O4/c11-3-10(4-16)7(17)6(12)8(19-10)15-2-1-5(13)14-9(15)18/h1-2,6-9,16-18H,3-4H2,(H2,13,14)/t6-,7-,8+,9?,10+/m0/s1. The molecule has 7 nitrogen and oxygen atoms in total. The summed E-state index contributed by atoms with van der Waals surface area (Å²) in [5.41, 5.74) is 3.78. The number of nitrogens with two attached hydrogens (primary N) is 1. The Morgan fingerprint density at radius 1 is 1.58 bits per heavy atom. The van der Waals surface area contributed by atoms with E-state index < -0.39 is 37.1 Å². The molecule has 2 rings (SSSR count). The molecule has 5 atom stereocenters. The topological polar surface area (TPSA) is 112 Å². The van der Waals surface area contributed by atoms with Crippen molar-refractivity contribution in [1.82, 2.24) is 4.90 Å². The minimum Gasteiger partial charge on any atom is -0.393 e. The zero-order chi connectivity index (χ0) is 14.2. The molecule has 2 aliphatic heterocycles. The van der Waals surface area contributed by atoms with Crippen LogP contribution in [0, 0.1) is 0 Å². The Bertz CT molecular complexity index is 404. The Labute approximate surface area is 113 Å². The maximum atomic E-state index is 14.1. The molecule has 108 valence electrons. The van der Waals surface area contributed by atoms with Crippen molar-refractivity contribution in [3.63, 3.8) is 0 Å². The molecule has 2 aliphatic rings. The van der Waals surface area contributed by atoms with Crippen molar-refractivity contribution in [3.8, 4) is 0 Å². The molecule has 1 unspecified atom stereocenters. The van der Waals surface area contributed by atoms with Gasteiger partial charge in [-0.2, -0.15) is 0 Å². The molecule has 19 heavy (non-hydrogen) atoms. The highest BCUT2D eigenvalue weighted by molar-refractivity contribution is 6.18. The van der Waals surface area contributed by atoms with Crippen molar-refractivity contribution in [2.24, 2.45) is 10.7 Å². The molecule has 0 aromatic heterocycles. The predicted octanol–water partition coefficient (Wildman–Crippen LogP) is -1.53. The highest BCUT2D eigenvalue weighted by Crippen LogP contribution is 2.36. The van der Waals surface area contributed by atoms with Crippen LogP contribution in [0.1, 0.15) is 0 Å². The Morgan fingerprint density at radius 3 is 2.74 bits per heavy atom. The number of alkyl halides is 2. The first kappa shape index (κ1) is 14.5. The summed E-state index contributed by atoms with van der Waals surface area (Å²) in [7, 11) is 0. The van der Waals surface area contributed by atoms with Crippen molar-refractivity contribution in [1.29, 1.82) is 0 Å². The van der Waals surface area contributed by atoms with Gasteiger partial charge in [0, 0.05) is 6.20 Å². The first-order valence-electron chi connectivity index (χ1n) is 5.59. The molecule has 0 aromatic carbocycles. The summed E-state index contributed by atoms with van der Waals surface area (Å²) in [6.07, 6.45) is -3.55. The van der Waals surface area contributed by atoms with Crippen LogP contribution in [-0.2, 0) is 4.74 Å². The van der Waals surface area contributed by atoms with E-state index in [4.69, 9.17) is 22.1 Å². The highest BCUT2D eigenvalue weighted by Gasteiger charge is 2.56. The fraction of sp³-hybridized carbons (Fsp3) is 0.700. The van der Waals surface area contributed by atoms with E-state index in [1.165, 1.54) is 12.3 Å². The zero-order valence-electron chi connectivity index (χ0n) is 9.86. The number of hydrogen-bond donors (Lipinski definition) is 4. The number of ether oxygens (including phenoxy) is 1. The normalized spacial score (nSPS) is 42.6. The van der Waals surface area contributed by atoms with Gasteiger partial charge >= 0.3 is 0 Å². The molecule has 0 spiro atoms. The van der Waals surface area contributed by atoms with Crippen LogP contribution in [0.5, 0.6) is 0 Å². The number of aliphatic imine (C=N–C) groups is 1. The van der Waals surface area contributed by atoms with Crippen molar-refractivity contribution < 1.29 is 24.4 Å². The summed E-state index contributed by atoms with van der Waals surface area (Å²) >= 11 is 5.63. The number of nitrogens with zero attached hydrogens (tertiary/aromatic N) is 2. The van der Waals surface area contributed by atoms with Crippen LogP contribution >= 0.6 is 11.6 Å². The summed E-state index contributed by atoms with van der Waals surface area (Å²) < 4.78 is 19.4. The first-order valence-corrected chi connectivity index (χ1v) is 6.12. The SMILES string of the molecule is NC1=NC(O)N([C@@H]2O[C@@](CO)(CCl)[C@@H](O)[C@@H]2F)C=C1. The zero-order valence-corrected chi connectivity index (χ0v) is 10.6. The Balaban J connectivity index is 2.21. The third-order valence-electron chi connectivity index (χ3n) is 3.20. The quantitative estimate of drug-likeness (QED) is 0.470. The van der Waals surface area contributed by atoms with Crippen LogP contribution in [0.2, 0.25) is 0 Å². The van der Waals surface area contributed by atoms with Crippen LogP contribution in [0.15, 0.2) is 17.3 Å².